The van der Waals surface area contributed by atoms with Crippen molar-refractivity contribution in [2.45, 2.75) is 6.92 Å². The van der Waals surface area contributed by atoms with Gasteiger partial charge in [-0.3, -0.25) is 4.31 Å². The second-order valence-corrected chi connectivity index (χ2v) is 5.73. The van der Waals surface area contributed by atoms with Crippen molar-refractivity contribution in [2.24, 2.45) is 0 Å². The number of hydrogen-bond donors (Lipinski definition) is 0. The lowest BCUT2D eigenvalue weighted by molar-refractivity contribution is 0.163. The molecule has 0 atom stereocenters. The second kappa shape index (κ2) is 6.38. The topological polar surface area (TPSA) is 70.4 Å². The molecule has 6 heteroatoms. The van der Waals surface area contributed by atoms with Crippen LogP contribution in [0, 0.1) is 11.3 Å². The molecule has 0 aromatic heterocycles. The molecular formula is C12H16N2O3S. The molecule has 0 amide bonds. The largest absolute Gasteiger partial charge is 0.381 e. The highest BCUT2D eigenvalue weighted by atomic mass is 32.2. The lowest BCUT2D eigenvalue weighted by Crippen LogP contribution is -2.31. The van der Waals surface area contributed by atoms with Crippen molar-refractivity contribution in [3.05, 3.63) is 29.8 Å². The summed E-state index contributed by atoms with van der Waals surface area (Å²) >= 11 is 0. The minimum atomic E-state index is -3.46. The van der Waals surface area contributed by atoms with Gasteiger partial charge in [-0.15, -0.1) is 0 Å². The van der Waals surface area contributed by atoms with Crippen molar-refractivity contribution in [1.82, 2.24) is 0 Å². The maximum absolute atomic E-state index is 12.0. The Labute approximate surface area is 108 Å². The smallest absolute Gasteiger partial charge is 0.237 e. The van der Waals surface area contributed by atoms with E-state index in [2.05, 4.69) is 0 Å². The molecule has 0 heterocycles. The van der Waals surface area contributed by atoms with Crippen LogP contribution in [0.25, 0.3) is 0 Å². The third kappa shape index (κ3) is 3.45. The maximum Gasteiger partial charge on any atom is 0.237 e. The molecule has 0 spiro atoms. The summed E-state index contributed by atoms with van der Waals surface area (Å²) in [6, 6.07) is 8.57. The molecular weight excluding hydrogens is 252 g/mol. The third-order valence-electron chi connectivity index (χ3n) is 2.47. The predicted octanol–water partition coefficient (Wildman–Crippen LogP) is 1.36. The van der Waals surface area contributed by atoms with Crippen molar-refractivity contribution in [2.75, 3.05) is 30.3 Å². The average molecular weight is 268 g/mol. The summed E-state index contributed by atoms with van der Waals surface area (Å²) in [5.74, 6) is -0.100. The zero-order valence-corrected chi connectivity index (χ0v) is 11.3. The van der Waals surface area contributed by atoms with Gasteiger partial charge < -0.3 is 4.74 Å². The van der Waals surface area contributed by atoms with Gasteiger partial charge in [-0.1, -0.05) is 12.1 Å². The molecule has 0 aliphatic carbocycles. The molecule has 0 saturated heterocycles. The minimum absolute atomic E-state index is 0.100. The van der Waals surface area contributed by atoms with Crippen LogP contribution < -0.4 is 4.31 Å². The molecule has 0 aliphatic rings. The van der Waals surface area contributed by atoms with Crippen LogP contribution in [0.4, 0.5) is 5.69 Å². The fraction of sp³-hybridized carbons (Fsp3) is 0.417. The Kier molecular flexibility index (Phi) is 5.13. The normalized spacial score (nSPS) is 10.9. The van der Waals surface area contributed by atoms with Gasteiger partial charge in [0.15, 0.2) is 0 Å². The third-order valence-corrected chi connectivity index (χ3v) is 4.18. The Balaban J connectivity index is 2.93. The lowest BCUT2D eigenvalue weighted by Gasteiger charge is -2.20. The van der Waals surface area contributed by atoms with E-state index >= 15 is 0 Å². The van der Waals surface area contributed by atoms with Crippen LogP contribution >= 0.6 is 0 Å². The summed E-state index contributed by atoms with van der Waals surface area (Å²) in [6.45, 7) is 2.44. The maximum atomic E-state index is 12.0. The van der Waals surface area contributed by atoms with Crippen molar-refractivity contribution >= 4 is 15.7 Å². The molecule has 98 valence electrons. The van der Waals surface area contributed by atoms with Gasteiger partial charge in [0.1, 0.15) is 6.07 Å². The van der Waals surface area contributed by atoms with Crippen LogP contribution in [0.2, 0.25) is 0 Å². The van der Waals surface area contributed by atoms with Crippen LogP contribution in [-0.2, 0) is 14.8 Å². The van der Waals surface area contributed by atoms with Crippen LogP contribution in [0.15, 0.2) is 24.3 Å². The summed E-state index contributed by atoms with van der Waals surface area (Å²) < 4.78 is 30.2. The summed E-state index contributed by atoms with van der Waals surface area (Å²) in [6.07, 6.45) is 0. The molecule has 1 rings (SSSR count). The van der Waals surface area contributed by atoms with Crippen molar-refractivity contribution in [3.8, 4) is 6.07 Å². The monoisotopic (exact) mass is 268 g/mol. The Morgan fingerprint density at radius 1 is 1.39 bits per heavy atom. The number of para-hydroxylation sites is 1. The summed E-state index contributed by atoms with van der Waals surface area (Å²) in [7, 11) is -2.02. The molecule has 0 radical (unpaired) electrons. The molecule has 0 unspecified atom stereocenters. The van der Waals surface area contributed by atoms with Gasteiger partial charge in [0.25, 0.3) is 0 Å². The first kappa shape index (κ1) is 14.5. The number of rotatable bonds is 6. The molecule has 0 N–H and O–H groups in total. The summed E-state index contributed by atoms with van der Waals surface area (Å²) in [5, 5.41) is 8.95. The standard InChI is InChI=1S/C12H16N2O3S/c1-3-17-8-9-18(15,16)14(2)12-7-5-4-6-11(12)10-13/h4-7H,3,8-9H2,1-2H3. The van der Waals surface area contributed by atoms with Crippen LogP contribution in [0.5, 0.6) is 0 Å². The molecule has 1 aromatic rings. The summed E-state index contributed by atoms with van der Waals surface area (Å²) in [4.78, 5) is 0. The zero-order chi connectivity index (χ0) is 13.6. The van der Waals surface area contributed by atoms with Gasteiger partial charge in [-0.25, -0.2) is 8.42 Å². The van der Waals surface area contributed by atoms with E-state index in [4.69, 9.17) is 10.00 Å². The highest BCUT2D eigenvalue weighted by Crippen LogP contribution is 2.20. The Hall–Kier alpha value is -1.58. The van der Waals surface area contributed by atoms with Gasteiger partial charge in [0.2, 0.25) is 10.0 Å². The summed E-state index contributed by atoms with van der Waals surface area (Å²) in [5.41, 5.74) is 0.719. The number of ether oxygens (including phenoxy) is 1. The van der Waals surface area contributed by atoms with E-state index < -0.39 is 10.0 Å². The van der Waals surface area contributed by atoms with Crippen LogP contribution in [0.3, 0.4) is 0 Å². The van der Waals surface area contributed by atoms with E-state index in [0.717, 1.165) is 4.31 Å². The number of nitrogens with zero attached hydrogens (tertiary/aromatic N) is 2. The number of benzene rings is 1. The van der Waals surface area contributed by atoms with E-state index in [1.165, 1.54) is 7.05 Å². The Morgan fingerprint density at radius 3 is 2.67 bits per heavy atom. The van der Waals surface area contributed by atoms with E-state index in [1.807, 2.05) is 6.07 Å². The molecule has 0 saturated carbocycles. The molecule has 0 bridgehead atoms. The SMILES string of the molecule is CCOCCS(=O)(=O)N(C)c1ccccc1C#N. The number of nitriles is 1. The highest BCUT2D eigenvalue weighted by molar-refractivity contribution is 7.92. The molecule has 5 nitrogen and oxygen atoms in total. The number of sulfonamides is 1. The molecule has 0 aliphatic heterocycles. The van der Waals surface area contributed by atoms with Crippen LogP contribution in [-0.4, -0.2) is 34.4 Å². The first-order chi connectivity index (χ1) is 8.53. The predicted molar refractivity (Wildman–Crippen MR) is 69.8 cm³/mol. The molecule has 0 fully saturated rings. The van der Waals surface area contributed by atoms with E-state index in [-0.39, 0.29) is 12.4 Å². The second-order valence-electron chi connectivity index (χ2n) is 3.61. The van der Waals surface area contributed by atoms with Gasteiger partial charge in [0, 0.05) is 13.7 Å². The first-order valence-electron chi connectivity index (χ1n) is 5.56. The van der Waals surface area contributed by atoms with Crippen LogP contribution in [0.1, 0.15) is 12.5 Å². The van der Waals surface area contributed by atoms with Crippen molar-refractivity contribution < 1.29 is 13.2 Å². The van der Waals surface area contributed by atoms with Gasteiger partial charge in [-0.2, -0.15) is 5.26 Å². The van der Waals surface area contributed by atoms with E-state index in [9.17, 15) is 8.42 Å². The van der Waals surface area contributed by atoms with Crippen molar-refractivity contribution in [3.63, 3.8) is 0 Å². The first-order valence-corrected chi connectivity index (χ1v) is 7.17. The van der Waals surface area contributed by atoms with Gasteiger partial charge in [-0.05, 0) is 19.1 Å². The van der Waals surface area contributed by atoms with E-state index in [0.29, 0.717) is 17.9 Å². The average Bonchev–Trinajstić information content (AvgIpc) is 2.38. The Bertz CT molecular complexity index is 534. The highest BCUT2D eigenvalue weighted by Gasteiger charge is 2.20. The fourth-order valence-corrected chi connectivity index (χ4v) is 2.50. The number of hydrogen-bond acceptors (Lipinski definition) is 4. The Morgan fingerprint density at radius 2 is 2.06 bits per heavy atom. The molecule has 1 aromatic carbocycles. The zero-order valence-electron chi connectivity index (χ0n) is 10.5. The van der Waals surface area contributed by atoms with Crippen molar-refractivity contribution in [1.29, 1.82) is 5.26 Å². The minimum Gasteiger partial charge on any atom is -0.381 e. The van der Waals surface area contributed by atoms with E-state index in [1.54, 1.807) is 31.2 Å². The number of anilines is 1. The fourth-order valence-electron chi connectivity index (χ4n) is 1.44. The van der Waals surface area contributed by atoms with Gasteiger partial charge in [0.05, 0.1) is 23.6 Å². The molecule has 18 heavy (non-hydrogen) atoms. The van der Waals surface area contributed by atoms with Gasteiger partial charge >= 0.3 is 0 Å². The lowest BCUT2D eigenvalue weighted by atomic mass is 10.2. The quantitative estimate of drug-likeness (QED) is 0.730.